The summed E-state index contributed by atoms with van der Waals surface area (Å²) in [4.78, 5) is 27.9. The Hall–Kier alpha value is -2.78. The zero-order valence-corrected chi connectivity index (χ0v) is 17.8. The van der Waals surface area contributed by atoms with Crippen LogP contribution in [0.5, 0.6) is 6.01 Å². The number of carbonyl (C=O) groups is 1. The number of amides is 1. The van der Waals surface area contributed by atoms with Gasteiger partial charge in [-0.2, -0.15) is 9.36 Å². The lowest BCUT2D eigenvalue weighted by Crippen LogP contribution is -2.50. The van der Waals surface area contributed by atoms with Crippen molar-refractivity contribution in [2.45, 2.75) is 6.42 Å². The van der Waals surface area contributed by atoms with Crippen LogP contribution in [-0.2, 0) is 6.42 Å². The molecule has 4 heterocycles. The van der Waals surface area contributed by atoms with Crippen LogP contribution in [0.25, 0.3) is 10.1 Å². The molecule has 0 radical (unpaired) electrons. The number of methoxy groups -OCH3 is 1. The number of anilines is 1. The second-order valence-electron chi connectivity index (χ2n) is 7.59. The number of ether oxygens (including phenoxy) is 1. The van der Waals surface area contributed by atoms with Crippen LogP contribution in [0, 0.1) is 0 Å². The van der Waals surface area contributed by atoms with Crippen molar-refractivity contribution in [1.29, 1.82) is 0 Å². The third-order valence-corrected chi connectivity index (χ3v) is 6.70. The van der Waals surface area contributed by atoms with E-state index >= 15 is 0 Å². The molecule has 0 atom stereocenters. The van der Waals surface area contributed by atoms with E-state index in [4.69, 9.17) is 4.74 Å². The van der Waals surface area contributed by atoms with Crippen LogP contribution in [0.15, 0.2) is 30.5 Å². The van der Waals surface area contributed by atoms with Crippen LogP contribution in [0.4, 0.5) is 5.82 Å². The highest BCUT2D eigenvalue weighted by molar-refractivity contribution is 7.13. The molecule has 0 unspecified atom stereocenters. The molecule has 156 valence electrons. The van der Waals surface area contributed by atoms with Gasteiger partial charge in [-0.1, -0.05) is 12.1 Å². The molecule has 3 aromatic rings. The minimum Gasteiger partial charge on any atom is -0.467 e. The molecule has 5 rings (SSSR count). The zero-order valence-electron chi connectivity index (χ0n) is 17.0. The third kappa shape index (κ3) is 3.59. The Morgan fingerprint density at radius 3 is 2.77 bits per heavy atom. The summed E-state index contributed by atoms with van der Waals surface area (Å²) in [5, 5.41) is 1.24. The fourth-order valence-corrected chi connectivity index (χ4v) is 4.93. The predicted molar refractivity (Wildman–Crippen MR) is 116 cm³/mol. The number of fused-ring (bicyclic) bond motifs is 2. The summed E-state index contributed by atoms with van der Waals surface area (Å²) in [5.74, 6) is 1.12. The Kier molecular flexibility index (Phi) is 5.22. The number of hydrogen-bond donors (Lipinski definition) is 0. The molecule has 0 N–H and O–H groups in total. The molecule has 1 saturated heterocycles. The zero-order chi connectivity index (χ0) is 20.5. The molecule has 2 aromatic heterocycles. The largest absolute Gasteiger partial charge is 0.467 e. The van der Waals surface area contributed by atoms with Crippen molar-refractivity contribution < 1.29 is 9.53 Å². The summed E-state index contributed by atoms with van der Waals surface area (Å²) in [5.41, 5.74) is 1.38. The standard InChI is InChI=1S/C21H24N6O2S/c1-29-21-22-14-16-17(23-21)6-7-27(20(16)28)13-10-25-8-11-26(12-9-25)19-15-4-2-3-5-18(15)30-24-19/h2-5,14H,6-13H2,1H3. The fourth-order valence-electron chi connectivity index (χ4n) is 4.14. The number of piperazine rings is 1. The summed E-state index contributed by atoms with van der Waals surface area (Å²) in [6.45, 7) is 6.16. The van der Waals surface area contributed by atoms with Gasteiger partial charge in [0.05, 0.1) is 23.1 Å². The minimum atomic E-state index is 0.0199. The second kappa shape index (κ2) is 8.16. The number of aromatic nitrogens is 3. The van der Waals surface area contributed by atoms with Crippen molar-refractivity contribution in [3.63, 3.8) is 0 Å². The first-order chi connectivity index (χ1) is 14.7. The number of hydrogen-bond acceptors (Lipinski definition) is 8. The minimum absolute atomic E-state index is 0.0199. The highest BCUT2D eigenvalue weighted by atomic mass is 32.1. The lowest BCUT2D eigenvalue weighted by atomic mass is 10.1. The Morgan fingerprint density at radius 1 is 1.10 bits per heavy atom. The lowest BCUT2D eigenvalue weighted by Gasteiger charge is -2.36. The van der Waals surface area contributed by atoms with Crippen molar-refractivity contribution in [2.75, 3.05) is 57.8 Å². The first kappa shape index (κ1) is 19.2. The molecule has 8 nitrogen and oxygen atoms in total. The van der Waals surface area contributed by atoms with Gasteiger partial charge in [0.25, 0.3) is 5.91 Å². The normalized spacial score (nSPS) is 17.4. The maximum Gasteiger partial charge on any atom is 0.316 e. The maximum atomic E-state index is 12.8. The monoisotopic (exact) mass is 424 g/mol. The van der Waals surface area contributed by atoms with Gasteiger partial charge < -0.3 is 14.5 Å². The summed E-state index contributed by atoms with van der Waals surface area (Å²) in [6.07, 6.45) is 2.33. The van der Waals surface area contributed by atoms with E-state index < -0.39 is 0 Å². The number of benzene rings is 1. The van der Waals surface area contributed by atoms with Crippen molar-refractivity contribution in [2.24, 2.45) is 0 Å². The van der Waals surface area contributed by atoms with Crippen LogP contribution < -0.4 is 9.64 Å². The molecule has 1 fully saturated rings. The Balaban J connectivity index is 1.16. The lowest BCUT2D eigenvalue weighted by molar-refractivity contribution is 0.0714. The average molecular weight is 425 g/mol. The number of carbonyl (C=O) groups excluding carboxylic acids is 1. The molecular formula is C21H24N6O2S. The van der Waals surface area contributed by atoms with Gasteiger partial charge in [0.15, 0.2) is 0 Å². The first-order valence-corrected chi connectivity index (χ1v) is 11.0. The van der Waals surface area contributed by atoms with E-state index in [2.05, 4.69) is 48.4 Å². The van der Waals surface area contributed by atoms with E-state index in [0.29, 0.717) is 18.1 Å². The van der Waals surface area contributed by atoms with Crippen molar-refractivity contribution in [3.8, 4) is 6.01 Å². The van der Waals surface area contributed by atoms with Crippen LogP contribution >= 0.6 is 11.5 Å². The van der Waals surface area contributed by atoms with Gasteiger partial charge in [-0.3, -0.25) is 9.69 Å². The third-order valence-electron chi connectivity index (χ3n) is 5.88. The molecule has 9 heteroatoms. The van der Waals surface area contributed by atoms with Gasteiger partial charge in [-0.05, 0) is 23.7 Å². The SMILES string of the molecule is COc1ncc2c(n1)CCN(CCN1CCN(c3nsc4ccccc34)CC1)C2=O. The fraction of sp³-hybridized carbons (Fsp3) is 0.429. The predicted octanol–water partition coefficient (Wildman–Crippen LogP) is 1.92. The molecule has 0 spiro atoms. The van der Waals surface area contributed by atoms with E-state index in [1.807, 2.05) is 4.90 Å². The van der Waals surface area contributed by atoms with Gasteiger partial charge in [0.1, 0.15) is 5.82 Å². The Morgan fingerprint density at radius 2 is 1.93 bits per heavy atom. The first-order valence-electron chi connectivity index (χ1n) is 10.2. The molecule has 0 saturated carbocycles. The molecule has 1 amide bonds. The highest BCUT2D eigenvalue weighted by Gasteiger charge is 2.27. The molecule has 30 heavy (non-hydrogen) atoms. The van der Waals surface area contributed by atoms with Crippen LogP contribution in [0.1, 0.15) is 16.1 Å². The molecule has 1 aromatic carbocycles. The molecule has 0 aliphatic carbocycles. The van der Waals surface area contributed by atoms with Crippen molar-refractivity contribution >= 4 is 33.3 Å². The van der Waals surface area contributed by atoms with Crippen LogP contribution in [0.2, 0.25) is 0 Å². The number of nitrogens with zero attached hydrogens (tertiary/aromatic N) is 6. The summed E-state index contributed by atoms with van der Waals surface area (Å²) >= 11 is 1.57. The van der Waals surface area contributed by atoms with E-state index in [-0.39, 0.29) is 5.91 Å². The summed E-state index contributed by atoms with van der Waals surface area (Å²) < 4.78 is 11.0. The quantitative estimate of drug-likeness (QED) is 0.619. The Labute approximate surface area is 179 Å². The van der Waals surface area contributed by atoms with Gasteiger partial charge in [0.2, 0.25) is 0 Å². The topological polar surface area (TPSA) is 74.7 Å². The Bertz CT molecular complexity index is 1060. The van der Waals surface area contributed by atoms with E-state index in [1.54, 1.807) is 17.7 Å². The molecule has 2 aliphatic heterocycles. The molecule has 0 bridgehead atoms. The van der Waals surface area contributed by atoms with Gasteiger partial charge in [-0.15, -0.1) is 0 Å². The summed E-state index contributed by atoms with van der Waals surface area (Å²) in [6, 6.07) is 8.73. The molecule has 2 aliphatic rings. The second-order valence-corrected chi connectivity index (χ2v) is 8.40. The highest BCUT2D eigenvalue weighted by Crippen LogP contribution is 2.29. The van der Waals surface area contributed by atoms with Gasteiger partial charge >= 0.3 is 6.01 Å². The van der Waals surface area contributed by atoms with Crippen molar-refractivity contribution in [3.05, 3.63) is 41.7 Å². The van der Waals surface area contributed by atoms with Gasteiger partial charge in [0, 0.05) is 63.8 Å². The van der Waals surface area contributed by atoms with E-state index in [0.717, 1.165) is 57.2 Å². The molecular weight excluding hydrogens is 400 g/mol. The van der Waals surface area contributed by atoms with Crippen LogP contribution in [-0.4, -0.2) is 83.0 Å². The number of rotatable bonds is 5. The summed E-state index contributed by atoms with van der Waals surface area (Å²) in [7, 11) is 1.54. The van der Waals surface area contributed by atoms with Crippen molar-refractivity contribution in [1.82, 2.24) is 24.1 Å². The average Bonchev–Trinajstić information content (AvgIpc) is 3.23. The smallest absolute Gasteiger partial charge is 0.316 e. The van der Waals surface area contributed by atoms with Crippen LogP contribution in [0.3, 0.4) is 0 Å². The van der Waals surface area contributed by atoms with Gasteiger partial charge in [-0.25, -0.2) is 4.98 Å². The maximum absolute atomic E-state index is 12.8. The van der Waals surface area contributed by atoms with E-state index in [1.165, 1.54) is 17.2 Å². The van der Waals surface area contributed by atoms with E-state index in [9.17, 15) is 4.79 Å².